The molecule has 2 aliphatic rings. The number of anilines is 1. The van der Waals surface area contributed by atoms with E-state index in [1.807, 2.05) is 0 Å². The van der Waals surface area contributed by atoms with Crippen molar-refractivity contribution in [2.24, 2.45) is 0 Å². The Kier molecular flexibility index (Phi) is 2.54. The third kappa shape index (κ3) is 1.91. The van der Waals surface area contributed by atoms with Gasteiger partial charge in [0.2, 0.25) is 0 Å². The second-order valence-electron chi connectivity index (χ2n) is 4.97. The van der Waals surface area contributed by atoms with E-state index in [1.165, 1.54) is 37.8 Å². The Hall–Kier alpha value is -1.12. The first kappa shape index (κ1) is 10.1. The molecule has 0 atom stereocenters. The van der Waals surface area contributed by atoms with Crippen molar-refractivity contribution in [2.75, 3.05) is 11.9 Å². The van der Waals surface area contributed by atoms with Gasteiger partial charge in [-0.2, -0.15) is 0 Å². The fraction of sp³-hybridized carbons (Fsp3) is 0.692. The monoisotopic (exact) mass is 217 g/mol. The van der Waals surface area contributed by atoms with Crippen LogP contribution in [0.25, 0.3) is 0 Å². The summed E-state index contributed by atoms with van der Waals surface area (Å²) in [6, 6.07) is 2.14. The standard InChI is InChI=1S/C13H19N3/c1-2-14-12-8-11(9-6-7-9)15-13(16-12)10-4-3-5-10/h8-10H,2-7H2,1H3,(H,14,15,16). The van der Waals surface area contributed by atoms with Gasteiger partial charge in [-0.1, -0.05) is 6.42 Å². The summed E-state index contributed by atoms with van der Waals surface area (Å²) in [7, 11) is 0. The predicted octanol–water partition coefficient (Wildman–Crippen LogP) is 3.05. The molecular formula is C13H19N3. The van der Waals surface area contributed by atoms with Gasteiger partial charge in [0, 0.05) is 30.1 Å². The minimum atomic E-state index is 0.635. The highest BCUT2D eigenvalue weighted by molar-refractivity contribution is 5.38. The number of aromatic nitrogens is 2. The van der Waals surface area contributed by atoms with Crippen LogP contribution in [0.3, 0.4) is 0 Å². The molecule has 2 aliphatic carbocycles. The van der Waals surface area contributed by atoms with E-state index in [4.69, 9.17) is 4.98 Å². The van der Waals surface area contributed by atoms with Gasteiger partial charge >= 0.3 is 0 Å². The first-order chi connectivity index (χ1) is 7.86. The van der Waals surface area contributed by atoms with Crippen molar-refractivity contribution in [1.82, 2.24) is 9.97 Å². The average Bonchev–Trinajstić information content (AvgIpc) is 2.97. The Bertz CT molecular complexity index is 381. The van der Waals surface area contributed by atoms with Crippen molar-refractivity contribution >= 4 is 5.82 Å². The van der Waals surface area contributed by atoms with Gasteiger partial charge in [0.25, 0.3) is 0 Å². The Morgan fingerprint density at radius 3 is 2.56 bits per heavy atom. The van der Waals surface area contributed by atoms with Crippen LogP contribution in [0.5, 0.6) is 0 Å². The third-order valence-corrected chi connectivity index (χ3v) is 3.59. The highest BCUT2D eigenvalue weighted by Gasteiger charge is 2.28. The Morgan fingerprint density at radius 2 is 2.00 bits per heavy atom. The molecule has 0 aliphatic heterocycles. The number of hydrogen-bond donors (Lipinski definition) is 1. The number of rotatable bonds is 4. The van der Waals surface area contributed by atoms with Crippen LogP contribution in [-0.2, 0) is 0 Å². The van der Waals surface area contributed by atoms with E-state index in [9.17, 15) is 0 Å². The molecule has 16 heavy (non-hydrogen) atoms. The third-order valence-electron chi connectivity index (χ3n) is 3.59. The van der Waals surface area contributed by atoms with E-state index in [1.54, 1.807) is 0 Å². The van der Waals surface area contributed by atoms with Gasteiger partial charge in [-0.25, -0.2) is 9.97 Å². The molecular weight excluding hydrogens is 198 g/mol. The second kappa shape index (κ2) is 4.04. The number of nitrogens with one attached hydrogen (secondary N) is 1. The second-order valence-corrected chi connectivity index (χ2v) is 4.97. The summed E-state index contributed by atoms with van der Waals surface area (Å²) in [4.78, 5) is 9.38. The zero-order valence-electron chi connectivity index (χ0n) is 9.87. The van der Waals surface area contributed by atoms with Crippen molar-refractivity contribution < 1.29 is 0 Å². The summed E-state index contributed by atoms with van der Waals surface area (Å²) in [5.74, 6) is 3.48. The van der Waals surface area contributed by atoms with Gasteiger partial charge in [0.1, 0.15) is 11.6 Å². The first-order valence-electron chi connectivity index (χ1n) is 6.49. The molecule has 2 fully saturated rings. The molecule has 3 nitrogen and oxygen atoms in total. The van der Waals surface area contributed by atoms with Crippen LogP contribution in [0.15, 0.2) is 6.07 Å². The lowest BCUT2D eigenvalue weighted by atomic mass is 9.85. The van der Waals surface area contributed by atoms with Crippen LogP contribution in [-0.4, -0.2) is 16.5 Å². The fourth-order valence-corrected chi connectivity index (χ4v) is 2.19. The maximum absolute atomic E-state index is 4.75. The molecule has 1 aromatic rings. The maximum Gasteiger partial charge on any atom is 0.134 e. The van der Waals surface area contributed by atoms with Crippen LogP contribution in [0, 0.1) is 0 Å². The summed E-state index contributed by atoms with van der Waals surface area (Å²) in [6.45, 7) is 3.05. The molecule has 0 amide bonds. The smallest absolute Gasteiger partial charge is 0.134 e. The average molecular weight is 217 g/mol. The van der Waals surface area contributed by atoms with Gasteiger partial charge in [0.15, 0.2) is 0 Å². The van der Waals surface area contributed by atoms with Crippen molar-refractivity contribution in [3.8, 4) is 0 Å². The lowest BCUT2D eigenvalue weighted by molar-refractivity contribution is 0.400. The highest BCUT2D eigenvalue weighted by Crippen LogP contribution is 2.41. The largest absolute Gasteiger partial charge is 0.370 e. The molecule has 0 bridgehead atoms. The molecule has 0 saturated heterocycles. The number of hydrogen-bond acceptors (Lipinski definition) is 3. The molecule has 0 unspecified atom stereocenters. The summed E-state index contributed by atoms with van der Waals surface area (Å²) in [5, 5.41) is 3.32. The molecule has 3 rings (SSSR count). The first-order valence-corrected chi connectivity index (χ1v) is 6.49. The molecule has 1 aromatic heterocycles. The Balaban J connectivity index is 1.89. The predicted molar refractivity (Wildman–Crippen MR) is 64.8 cm³/mol. The molecule has 0 spiro atoms. The van der Waals surface area contributed by atoms with E-state index in [2.05, 4.69) is 23.3 Å². The zero-order chi connectivity index (χ0) is 11.0. The van der Waals surface area contributed by atoms with Gasteiger partial charge in [0.05, 0.1) is 0 Å². The minimum Gasteiger partial charge on any atom is -0.370 e. The SMILES string of the molecule is CCNc1cc(C2CC2)nc(C2CCC2)n1. The Labute approximate surface area is 96.7 Å². The lowest BCUT2D eigenvalue weighted by Crippen LogP contribution is -2.15. The number of nitrogens with zero attached hydrogens (tertiary/aromatic N) is 2. The van der Waals surface area contributed by atoms with Crippen molar-refractivity contribution in [3.63, 3.8) is 0 Å². The maximum atomic E-state index is 4.75. The summed E-state index contributed by atoms with van der Waals surface area (Å²) in [6.07, 6.45) is 6.52. The van der Waals surface area contributed by atoms with Crippen LogP contribution in [0.4, 0.5) is 5.82 Å². The molecule has 0 aromatic carbocycles. The van der Waals surface area contributed by atoms with E-state index >= 15 is 0 Å². The molecule has 1 N–H and O–H groups in total. The van der Waals surface area contributed by atoms with Crippen molar-refractivity contribution in [3.05, 3.63) is 17.6 Å². The van der Waals surface area contributed by atoms with E-state index in [-0.39, 0.29) is 0 Å². The molecule has 0 radical (unpaired) electrons. The quantitative estimate of drug-likeness (QED) is 0.842. The van der Waals surface area contributed by atoms with E-state index in [0.717, 1.165) is 24.1 Å². The molecule has 86 valence electrons. The van der Waals surface area contributed by atoms with Crippen molar-refractivity contribution in [2.45, 2.75) is 50.9 Å². The van der Waals surface area contributed by atoms with E-state index < -0.39 is 0 Å². The summed E-state index contributed by atoms with van der Waals surface area (Å²) < 4.78 is 0. The summed E-state index contributed by atoms with van der Waals surface area (Å²) >= 11 is 0. The van der Waals surface area contributed by atoms with E-state index in [0.29, 0.717) is 5.92 Å². The van der Waals surface area contributed by atoms with Crippen LogP contribution < -0.4 is 5.32 Å². The lowest BCUT2D eigenvalue weighted by Gasteiger charge is -2.24. The van der Waals surface area contributed by atoms with Gasteiger partial charge in [-0.3, -0.25) is 0 Å². The fourth-order valence-electron chi connectivity index (χ4n) is 2.19. The topological polar surface area (TPSA) is 37.8 Å². The van der Waals surface area contributed by atoms with Crippen LogP contribution in [0.2, 0.25) is 0 Å². The normalized spacial score (nSPS) is 20.6. The summed E-state index contributed by atoms with van der Waals surface area (Å²) in [5.41, 5.74) is 1.27. The van der Waals surface area contributed by atoms with Gasteiger partial charge in [-0.05, 0) is 32.6 Å². The van der Waals surface area contributed by atoms with Gasteiger partial charge < -0.3 is 5.32 Å². The molecule has 2 saturated carbocycles. The van der Waals surface area contributed by atoms with Gasteiger partial charge in [-0.15, -0.1) is 0 Å². The molecule has 3 heteroatoms. The van der Waals surface area contributed by atoms with Crippen LogP contribution >= 0.6 is 0 Å². The molecule has 1 heterocycles. The minimum absolute atomic E-state index is 0.635. The highest BCUT2D eigenvalue weighted by atomic mass is 15.0. The van der Waals surface area contributed by atoms with Crippen LogP contribution in [0.1, 0.15) is 62.4 Å². The Morgan fingerprint density at radius 1 is 1.19 bits per heavy atom. The van der Waals surface area contributed by atoms with Crippen molar-refractivity contribution in [1.29, 1.82) is 0 Å². The zero-order valence-corrected chi connectivity index (χ0v) is 9.87.